The molecule has 0 fully saturated rings. The molecule has 0 atom stereocenters. The zero-order valence-corrected chi connectivity index (χ0v) is 19.3. The molecule has 2 heterocycles. The fourth-order valence-electron chi connectivity index (χ4n) is 3.69. The van der Waals surface area contributed by atoms with Crippen molar-refractivity contribution in [2.45, 2.75) is 37.9 Å². The van der Waals surface area contributed by atoms with Gasteiger partial charge in [0.2, 0.25) is 5.91 Å². The molecule has 0 aliphatic heterocycles. The number of esters is 1. The number of thioether (sulfide) groups is 1. The quantitative estimate of drug-likeness (QED) is 0.232. The number of hydrogen-bond acceptors (Lipinski definition) is 7. The Labute approximate surface area is 193 Å². The predicted octanol–water partition coefficient (Wildman–Crippen LogP) is 4.04. The van der Waals surface area contributed by atoms with E-state index in [1.165, 1.54) is 16.6 Å². The van der Waals surface area contributed by atoms with Gasteiger partial charge in [0.05, 0.1) is 23.3 Å². The number of aryl methyl sites for hydroxylation is 2. The standard InChI is InChI=1S/C23H23N3O4S2/c1-3-12-26-21(28)19-16-6-5-7-17(16)32-20(19)25-23(26)31-13-18(27)24-15-10-8-14(9-11-15)22(29)30-4-2/h3,8-11H,1,4-7,12-13H2,2H3,(H,24,27). The number of thiophene rings is 1. The molecule has 7 nitrogen and oxygen atoms in total. The van der Waals surface area contributed by atoms with Crippen molar-refractivity contribution in [2.75, 3.05) is 17.7 Å². The van der Waals surface area contributed by atoms with Crippen molar-refractivity contribution < 1.29 is 14.3 Å². The van der Waals surface area contributed by atoms with Crippen LogP contribution in [0.15, 0.2) is 46.9 Å². The second-order valence-electron chi connectivity index (χ2n) is 7.27. The van der Waals surface area contributed by atoms with Crippen LogP contribution in [0.2, 0.25) is 0 Å². The van der Waals surface area contributed by atoms with E-state index in [2.05, 4.69) is 11.9 Å². The van der Waals surface area contributed by atoms with Crippen molar-refractivity contribution in [1.29, 1.82) is 0 Å². The van der Waals surface area contributed by atoms with Crippen LogP contribution in [-0.2, 0) is 28.9 Å². The lowest BCUT2D eigenvalue weighted by molar-refractivity contribution is -0.113. The Morgan fingerprint density at radius 3 is 2.81 bits per heavy atom. The highest BCUT2D eigenvalue weighted by molar-refractivity contribution is 7.99. The van der Waals surface area contributed by atoms with Gasteiger partial charge in [0, 0.05) is 17.1 Å². The summed E-state index contributed by atoms with van der Waals surface area (Å²) < 4.78 is 6.55. The number of aromatic nitrogens is 2. The van der Waals surface area contributed by atoms with Gasteiger partial charge in [0.1, 0.15) is 4.83 Å². The second-order valence-corrected chi connectivity index (χ2v) is 9.30. The van der Waals surface area contributed by atoms with Crippen molar-refractivity contribution in [2.24, 2.45) is 0 Å². The molecule has 3 aromatic rings. The SMILES string of the molecule is C=CCn1c(SCC(=O)Nc2ccc(C(=O)OCC)cc2)nc2sc3c(c2c1=O)CCC3. The van der Waals surface area contributed by atoms with Crippen molar-refractivity contribution in [3.63, 3.8) is 0 Å². The summed E-state index contributed by atoms with van der Waals surface area (Å²) in [5.41, 5.74) is 2.07. The molecular weight excluding hydrogens is 446 g/mol. The Balaban J connectivity index is 1.48. The molecule has 1 aromatic carbocycles. The van der Waals surface area contributed by atoms with Crippen LogP contribution in [0.3, 0.4) is 0 Å². The molecule has 0 saturated heterocycles. The van der Waals surface area contributed by atoms with Crippen LogP contribution < -0.4 is 10.9 Å². The van der Waals surface area contributed by atoms with E-state index in [1.807, 2.05) is 0 Å². The lowest BCUT2D eigenvalue weighted by Crippen LogP contribution is -2.24. The number of nitrogens with zero attached hydrogens (tertiary/aromatic N) is 2. The van der Waals surface area contributed by atoms with Crippen LogP contribution in [0.25, 0.3) is 10.2 Å². The van der Waals surface area contributed by atoms with Crippen LogP contribution in [0.1, 0.15) is 34.1 Å². The predicted molar refractivity (Wildman–Crippen MR) is 128 cm³/mol. The molecule has 0 spiro atoms. The third-order valence-electron chi connectivity index (χ3n) is 5.11. The Morgan fingerprint density at radius 1 is 1.31 bits per heavy atom. The number of rotatable bonds is 8. The monoisotopic (exact) mass is 469 g/mol. The third kappa shape index (κ3) is 4.49. The number of fused-ring (bicyclic) bond motifs is 3. The second kappa shape index (κ2) is 9.70. The summed E-state index contributed by atoms with van der Waals surface area (Å²) in [6.07, 6.45) is 4.66. The van der Waals surface area contributed by atoms with Crippen molar-refractivity contribution in [1.82, 2.24) is 9.55 Å². The van der Waals surface area contributed by atoms with Gasteiger partial charge < -0.3 is 10.1 Å². The maximum Gasteiger partial charge on any atom is 0.338 e. The summed E-state index contributed by atoms with van der Waals surface area (Å²) in [5, 5.41) is 4.03. The van der Waals surface area contributed by atoms with Crippen LogP contribution in [-0.4, -0.2) is 33.8 Å². The summed E-state index contributed by atoms with van der Waals surface area (Å²) in [6, 6.07) is 6.52. The number of carbonyl (C=O) groups excluding carboxylic acids is 2. The Bertz CT molecular complexity index is 1240. The van der Waals surface area contributed by atoms with Crippen molar-refractivity contribution >= 4 is 50.9 Å². The zero-order valence-electron chi connectivity index (χ0n) is 17.7. The highest BCUT2D eigenvalue weighted by Gasteiger charge is 2.23. The molecule has 1 aliphatic carbocycles. The van der Waals surface area contributed by atoms with Crippen LogP contribution >= 0.6 is 23.1 Å². The van der Waals surface area contributed by atoms with E-state index in [0.717, 1.165) is 35.0 Å². The summed E-state index contributed by atoms with van der Waals surface area (Å²) >= 11 is 2.81. The van der Waals surface area contributed by atoms with Crippen LogP contribution in [0.5, 0.6) is 0 Å². The number of allylic oxidation sites excluding steroid dienone is 1. The molecule has 4 rings (SSSR count). The minimum atomic E-state index is -0.401. The van der Waals surface area contributed by atoms with Gasteiger partial charge in [-0.3, -0.25) is 14.2 Å². The fraction of sp³-hybridized carbons (Fsp3) is 0.304. The highest BCUT2D eigenvalue weighted by atomic mass is 32.2. The van der Waals surface area contributed by atoms with Crippen molar-refractivity contribution in [3.05, 3.63) is 63.3 Å². The first-order valence-corrected chi connectivity index (χ1v) is 12.2. The first kappa shape index (κ1) is 22.3. The average molecular weight is 470 g/mol. The summed E-state index contributed by atoms with van der Waals surface area (Å²) in [5.74, 6) is -0.533. The molecule has 32 heavy (non-hydrogen) atoms. The van der Waals surface area contributed by atoms with Crippen LogP contribution in [0.4, 0.5) is 5.69 Å². The van der Waals surface area contributed by atoms with E-state index < -0.39 is 5.97 Å². The van der Waals surface area contributed by atoms with E-state index in [9.17, 15) is 14.4 Å². The Hall–Kier alpha value is -2.91. The van der Waals surface area contributed by atoms with Crippen molar-refractivity contribution in [3.8, 4) is 0 Å². The first-order valence-electron chi connectivity index (χ1n) is 10.4. The Kier molecular flexibility index (Phi) is 6.76. The molecule has 1 amide bonds. The Morgan fingerprint density at radius 2 is 2.09 bits per heavy atom. The van der Waals surface area contributed by atoms with E-state index in [0.29, 0.717) is 29.6 Å². The molecule has 1 aliphatic rings. The number of hydrogen-bond donors (Lipinski definition) is 1. The molecule has 0 bridgehead atoms. The molecule has 0 saturated carbocycles. The normalized spacial score (nSPS) is 12.5. The van der Waals surface area contributed by atoms with Gasteiger partial charge in [-0.1, -0.05) is 17.8 Å². The minimum Gasteiger partial charge on any atom is -0.462 e. The largest absolute Gasteiger partial charge is 0.462 e. The molecule has 1 N–H and O–H groups in total. The van der Waals surface area contributed by atoms with Gasteiger partial charge >= 0.3 is 5.97 Å². The third-order valence-corrected chi connectivity index (χ3v) is 7.28. The number of amides is 1. The molecule has 166 valence electrons. The average Bonchev–Trinajstić information content (AvgIpc) is 3.36. The maximum atomic E-state index is 13.2. The van der Waals surface area contributed by atoms with E-state index in [-0.39, 0.29) is 17.2 Å². The summed E-state index contributed by atoms with van der Waals surface area (Å²) in [6.45, 7) is 6.14. The lowest BCUT2D eigenvalue weighted by atomic mass is 10.2. The van der Waals surface area contributed by atoms with E-state index in [4.69, 9.17) is 9.72 Å². The van der Waals surface area contributed by atoms with E-state index >= 15 is 0 Å². The van der Waals surface area contributed by atoms with Gasteiger partial charge in [-0.2, -0.15) is 0 Å². The maximum absolute atomic E-state index is 13.2. The molecule has 9 heteroatoms. The van der Waals surface area contributed by atoms with Crippen LogP contribution in [0, 0.1) is 0 Å². The van der Waals surface area contributed by atoms with Gasteiger partial charge in [0.15, 0.2) is 5.16 Å². The van der Waals surface area contributed by atoms with E-state index in [1.54, 1.807) is 53.2 Å². The lowest BCUT2D eigenvalue weighted by Gasteiger charge is -2.11. The number of carbonyl (C=O) groups is 2. The molecule has 2 aromatic heterocycles. The van der Waals surface area contributed by atoms with Gasteiger partial charge in [-0.25, -0.2) is 9.78 Å². The van der Waals surface area contributed by atoms with Gasteiger partial charge in [-0.15, -0.1) is 17.9 Å². The minimum absolute atomic E-state index is 0.0632. The summed E-state index contributed by atoms with van der Waals surface area (Å²) in [4.78, 5) is 44.1. The van der Waals surface area contributed by atoms with Gasteiger partial charge in [0.25, 0.3) is 5.56 Å². The topological polar surface area (TPSA) is 90.3 Å². The molecular formula is C23H23N3O4S2. The molecule has 0 unspecified atom stereocenters. The highest BCUT2D eigenvalue weighted by Crippen LogP contribution is 2.35. The number of ether oxygens (including phenoxy) is 1. The molecule has 0 radical (unpaired) electrons. The first-order chi connectivity index (χ1) is 15.5. The zero-order chi connectivity index (χ0) is 22.7. The summed E-state index contributed by atoms with van der Waals surface area (Å²) in [7, 11) is 0. The fourth-order valence-corrected chi connectivity index (χ4v) is 5.80. The smallest absolute Gasteiger partial charge is 0.338 e. The number of anilines is 1. The van der Waals surface area contributed by atoms with Gasteiger partial charge in [-0.05, 0) is 56.0 Å². The number of benzene rings is 1. The number of nitrogens with one attached hydrogen (secondary N) is 1.